The molecule has 10 heteroatoms. The van der Waals surface area contributed by atoms with Crippen LogP contribution in [0.5, 0.6) is 0 Å². The maximum Gasteiger partial charge on any atom is 0.236 e. The summed E-state index contributed by atoms with van der Waals surface area (Å²) in [7, 11) is 1.62. The molecule has 0 atom stereocenters. The summed E-state index contributed by atoms with van der Waals surface area (Å²) in [5.74, 6) is -1.28. The van der Waals surface area contributed by atoms with Gasteiger partial charge >= 0.3 is 0 Å². The zero-order valence-electron chi connectivity index (χ0n) is 24.7. The number of nitrogens with zero attached hydrogens (tertiary/aromatic N) is 5. The number of benzene rings is 2. The van der Waals surface area contributed by atoms with Crippen molar-refractivity contribution >= 4 is 44.7 Å². The molecule has 0 saturated carbocycles. The summed E-state index contributed by atoms with van der Waals surface area (Å²) >= 11 is 1.62. The number of hydrogen-bond acceptors (Lipinski definition) is 6. The summed E-state index contributed by atoms with van der Waals surface area (Å²) in [6, 6.07) is 17.7. The van der Waals surface area contributed by atoms with E-state index < -0.39 is 11.7 Å². The van der Waals surface area contributed by atoms with Gasteiger partial charge in [0.25, 0.3) is 0 Å². The Labute approximate surface area is 260 Å². The Bertz CT molecular complexity index is 1760. The highest BCUT2D eigenvalue weighted by molar-refractivity contribution is 7.22. The topological polar surface area (TPSA) is 83.4 Å². The first-order chi connectivity index (χ1) is 21.4. The van der Waals surface area contributed by atoms with Gasteiger partial charge in [-0.1, -0.05) is 24.3 Å². The van der Waals surface area contributed by atoms with Crippen molar-refractivity contribution < 1.29 is 14.0 Å². The van der Waals surface area contributed by atoms with Gasteiger partial charge in [-0.05, 0) is 86.4 Å². The highest BCUT2D eigenvalue weighted by Gasteiger charge is 2.17. The van der Waals surface area contributed by atoms with Crippen LogP contribution < -0.4 is 10.2 Å². The first kappa shape index (κ1) is 29.7. The van der Waals surface area contributed by atoms with Crippen LogP contribution in [0.15, 0.2) is 79.4 Å². The Morgan fingerprint density at radius 1 is 1.00 bits per heavy atom. The second kappa shape index (κ2) is 13.5. The zero-order valence-corrected chi connectivity index (χ0v) is 25.5. The predicted octanol–water partition coefficient (Wildman–Crippen LogP) is 6.37. The third kappa shape index (κ3) is 7.03. The normalized spacial score (nSPS) is 13.4. The van der Waals surface area contributed by atoms with E-state index in [1.165, 1.54) is 36.9 Å². The molecule has 0 bridgehead atoms. The molecule has 0 radical (unpaired) electrons. The van der Waals surface area contributed by atoms with Crippen LogP contribution in [0.1, 0.15) is 36.8 Å². The first-order valence-electron chi connectivity index (χ1n) is 14.9. The number of nitrogens with one attached hydrogen (secondary N) is 1. The number of imidazole rings is 1. The third-order valence-electron chi connectivity index (χ3n) is 8.02. The van der Waals surface area contributed by atoms with Gasteiger partial charge in [0.1, 0.15) is 12.2 Å². The molecule has 2 aromatic carbocycles. The number of thiophene rings is 1. The molecule has 8 nitrogen and oxygen atoms in total. The van der Waals surface area contributed by atoms with Crippen molar-refractivity contribution in [2.45, 2.75) is 38.6 Å². The number of hydrogen-bond donors (Lipinski definition) is 1. The van der Waals surface area contributed by atoms with Gasteiger partial charge in [0.15, 0.2) is 0 Å². The van der Waals surface area contributed by atoms with Crippen LogP contribution in [0, 0.1) is 5.82 Å². The van der Waals surface area contributed by atoms with E-state index in [0.717, 1.165) is 45.9 Å². The molecule has 3 aromatic heterocycles. The van der Waals surface area contributed by atoms with Crippen molar-refractivity contribution in [2.75, 3.05) is 36.9 Å². The third-order valence-corrected chi connectivity index (χ3v) is 9.24. The van der Waals surface area contributed by atoms with E-state index in [2.05, 4.69) is 30.9 Å². The molecule has 4 heterocycles. The Morgan fingerprint density at radius 2 is 1.82 bits per heavy atom. The Hall–Kier alpha value is -4.41. The lowest BCUT2D eigenvalue weighted by atomic mass is 10.0. The number of pyridine rings is 1. The SMILES string of the molecule is CN(C(=O)CC(=O)Nc1ccc(Cc2ccnc3cc(-c4cn(CCCN5CCCC5)cn4)sc23)c(F)c1)c1ccccc1. The molecule has 44 heavy (non-hydrogen) atoms. The average Bonchev–Trinajstić information content (AvgIpc) is 3.80. The minimum Gasteiger partial charge on any atom is -0.337 e. The number of anilines is 2. The van der Waals surface area contributed by atoms with E-state index in [4.69, 9.17) is 0 Å². The van der Waals surface area contributed by atoms with E-state index in [1.807, 2.05) is 36.7 Å². The minimum atomic E-state index is -0.499. The summed E-state index contributed by atoms with van der Waals surface area (Å²) in [4.78, 5) is 39.2. The highest BCUT2D eigenvalue weighted by atomic mass is 32.1. The molecule has 1 N–H and O–H groups in total. The second-order valence-electron chi connectivity index (χ2n) is 11.2. The van der Waals surface area contributed by atoms with Gasteiger partial charge in [0, 0.05) is 43.8 Å². The van der Waals surface area contributed by atoms with Crippen molar-refractivity contribution in [1.29, 1.82) is 0 Å². The summed E-state index contributed by atoms with van der Waals surface area (Å²) in [5.41, 5.74) is 4.26. The van der Waals surface area contributed by atoms with Gasteiger partial charge in [-0.15, -0.1) is 11.3 Å². The number of aryl methyl sites for hydroxylation is 1. The standard InChI is InChI=1S/C34H35FN6O2S/c1-39(27-8-3-2-4-9-27)33(43)21-32(42)38-26-11-10-24(28(35)19-26)18-25-12-13-36-29-20-31(44-34(25)29)30-22-41(23-37-30)17-7-16-40-14-5-6-15-40/h2-4,8-13,19-20,22-23H,5-7,14-18,21H2,1H3,(H,38,42). The number of likely N-dealkylation sites (tertiary alicyclic amines) is 1. The second-order valence-corrected chi connectivity index (χ2v) is 12.2. The van der Waals surface area contributed by atoms with Crippen LogP contribution in [0.25, 0.3) is 20.8 Å². The van der Waals surface area contributed by atoms with E-state index in [1.54, 1.807) is 48.8 Å². The quantitative estimate of drug-likeness (QED) is 0.176. The fourth-order valence-electron chi connectivity index (χ4n) is 5.58. The number of rotatable bonds is 11. The first-order valence-corrected chi connectivity index (χ1v) is 15.8. The number of halogens is 1. The van der Waals surface area contributed by atoms with Crippen molar-refractivity contribution in [2.24, 2.45) is 0 Å². The van der Waals surface area contributed by atoms with E-state index in [9.17, 15) is 9.59 Å². The van der Waals surface area contributed by atoms with Crippen molar-refractivity contribution in [3.8, 4) is 10.6 Å². The number of aromatic nitrogens is 3. The monoisotopic (exact) mass is 610 g/mol. The molecule has 2 amide bonds. The number of amides is 2. The lowest BCUT2D eigenvalue weighted by molar-refractivity contribution is -0.125. The van der Waals surface area contributed by atoms with Crippen LogP contribution in [0.2, 0.25) is 0 Å². The summed E-state index contributed by atoms with van der Waals surface area (Å²) in [6.07, 6.45) is 9.49. The molecular formula is C34H35FN6O2S. The van der Waals surface area contributed by atoms with Crippen LogP contribution >= 0.6 is 11.3 Å². The summed E-state index contributed by atoms with van der Waals surface area (Å²) in [5, 5.41) is 2.65. The van der Waals surface area contributed by atoms with Gasteiger partial charge in [0.2, 0.25) is 11.8 Å². The largest absolute Gasteiger partial charge is 0.337 e. The molecule has 1 aliphatic rings. The smallest absolute Gasteiger partial charge is 0.236 e. The van der Waals surface area contributed by atoms with Crippen LogP contribution in [0.4, 0.5) is 15.8 Å². The maximum atomic E-state index is 15.2. The predicted molar refractivity (Wildman–Crippen MR) is 173 cm³/mol. The number of carbonyl (C=O) groups excluding carboxylic acids is 2. The minimum absolute atomic E-state index is 0.306. The zero-order chi connectivity index (χ0) is 30.5. The van der Waals surface area contributed by atoms with Crippen LogP contribution in [0.3, 0.4) is 0 Å². The molecule has 0 spiro atoms. The van der Waals surface area contributed by atoms with E-state index in [-0.39, 0.29) is 12.3 Å². The fraction of sp³-hybridized carbons (Fsp3) is 0.294. The lowest BCUT2D eigenvalue weighted by Gasteiger charge is -2.17. The van der Waals surface area contributed by atoms with Crippen LogP contribution in [-0.4, -0.2) is 57.9 Å². The van der Waals surface area contributed by atoms with Gasteiger partial charge in [0.05, 0.1) is 27.1 Å². The average molecular weight is 611 g/mol. The van der Waals surface area contributed by atoms with E-state index >= 15 is 4.39 Å². The number of carbonyl (C=O) groups is 2. The molecule has 0 aliphatic carbocycles. The molecule has 0 unspecified atom stereocenters. The summed E-state index contributed by atoms with van der Waals surface area (Å²) < 4.78 is 18.4. The van der Waals surface area contributed by atoms with Crippen molar-refractivity contribution in [3.05, 3.63) is 96.3 Å². The maximum absolute atomic E-state index is 15.2. The van der Waals surface area contributed by atoms with Crippen LogP contribution in [-0.2, 0) is 22.6 Å². The van der Waals surface area contributed by atoms with Gasteiger partial charge < -0.3 is 19.7 Å². The molecule has 5 aromatic rings. The number of para-hydroxylation sites is 1. The Morgan fingerprint density at radius 3 is 2.61 bits per heavy atom. The Kier molecular flexibility index (Phi) is 9.09. The summed E-state index contributed by atoms with van der Waals surface area (Å²) in [6.45, 7) is 4.49. The van der Waals surface area contributed by atoms with Crippen molar-refractivity contribution in [1.82, 2.24) is 19.4 Å². The van der Waals surface area contributed by atoms with Gasteiger partial charge in [-0.3, -0.25) is 14.6 Å². The Balaban J connectivity index is 1.08. The molecule has 6 rings (SSSR count). The number of fused-ring (bicyclic) bond motifs is 1. The van der Waals surface area contributed by atoms with E-state index in [0.29, 0.717) is 23.4 Å². The molecule has 1 fully saturated rings. The molecule has 1 aliphatic heterocycles. The van der Waals surface area contributed by atoms with Crippen molar-refractivity contribution in [3.63, 3.8) is 0 Å². The fourth-order valence-corrected chi connectivity index (χ4v) is 6.67. The lowest BCUT2D eigenvalue weighted by Crippen LogP contribution is -2.30. The van der Waals surface area contributed by atoms with Gasteiger partial charge in [-0.25, -0.2) is 9.37 Å². The highest BCUT2D eigenvalue weighted by Crippen LogP contribution is 2.35. The molecular weight excluding hydrogens is 575 g/mol. The molecule has 1 saturated heterocycles. The van der Waals surface area contributed by atoms with Gasteiger partial charge in [-0.2, -0.15) is 0 Å². The molecule has 226 valence electrons.